The summed E-state index contributed by atoms with van der Waals surface area (Å²) >= 11 is 0. The van der Waals surface area contributed by atoms with Crippen molar-refractivity contribution < 1.29 is 9.59 Å². The average molecular weight is 232 g/mol. The van der Waals surface area contributed by atoms with Gasteiger partial charge in [-0.05, 0) is 18.6 Å². The Labute approximate surface area is 101 Å². The van der Waals surface area contributed by atoms with Gasteiger partial charge in [0, 0.05) is 6.54 Å². The minimum Gasteiger partial charge on any atom is -0.267 e. The smallest absolute Gasteiger partial charge is 0.267 e. The maximum Gasteiger partial charge on any atom is 0.281 e. The number of amides is 2. The molecule has 0 atom stereocenters. The molecule has 0 unspecified atom stereocenters. The SMILES string of the molecule is CCCCC[NH].O=C1[N]C(=O)c2ccccc21. The van der Waals surface area contributed by atoms with Crippen molar-refractivity contribution in [1.29, 1.82) is 0 Å². The number of benzene rings is 1. The van der Waals surface area contributed by atoms with Gasteiger partial charge in [-0.25, -0.2) is 0 Å². The molecule has 1 aliphatic rings. The number of rotatable bonds is 3. The van der Waals surface area contributed by atoms with E-state index in [1.165, 1.54) is 12.8 Å². The third kappa shape index (κ3) is 3.67. The molecule has 0 saturated carbocycles. The lowest BCUT2D eigenvalue weighted by atomic mass is 10.1. The second kappa shape index (κ2) is 6.81. The molecule has 0 bridgehead atoms. The molecule has 1 aromatic carbocycles. The topological polar surface area (TPSA) is 72.0 Å². The van der Waals surface area contributed by atoms with Crippen LogP contribution in [0.1, 0.15) is 46.9 Å². The summed E-state index contributed by atoms with van der Waals surface area (Å²) in [5.74, 6) is -0.851. The monoisotopic (exact) mass is 232 g/mol. The molecular formula is C13H16N2O2. The Balaban J connectivity index is 0.000000209. The van der Waals surface area contributed by atoms with Gasteiger partial charge in [0.2, 0.25) is 0 Å². The van der Waals surface area contributed by atoms with E-state index in [9.17, 15) is 9.59 Å². The third-order valence-corrected chi connectivity index (χ3v) is 2.37. The zero-order valence-corrected chi connectivity index (χ0v) is 9.90. The number of nitrogens with one attached hydrogen (secondary N) is 1. The average Bonchev–Trinajstić information content (AvgIpc) is 2.64. The number of carbonyl (C=O) groups is 2. The van der Waals surface area contributed by atoms with Gasteiger partial charge in [-0.2, -0.15) is 5.32 Å². The van der Waals surface area contributed by atoms with Gasteiger partial charge in [-0.3, -0.25) is 15.3 Å². The Morgan fingerprint density at radius 3 is 1.94 bits per heavy atom. The molecule has 4 heteroatoms. The first-order valence-electron chi connectivity index (χ1n) is 5.74. The highest BCUT2D eigenvalue weighted by atomic mass is 16.2. The molecule has 2 rings (SSSR count). The van der Waals surface area contributed by atoms with Gasteiger partial charge in [-0.1, -0.05) is 31.9 Å². The molecule has 1 aliphatic heterocycles. The van der Waals surface area contributed by atoms with Crippen molar-refractivity contribution >= 4 is 11.8 Å². The van der Waals surface area contributed by atoms with Gasteiger partial charge >= 0.3 is 0 Å². The first-order valence-corrected chi connectivity index (χ1v) is 5.74. The molecule has 2 radical (unpaired) electrons. The first-order chi connectivity index (χ1) is 8.20. The van der Waals surface area contributed by atoms with E-state index in [0.717, 1.165) is 6.42 Å². The van der Waals surface area contributed by atoms with E-state index >= 15 is 0 Å². The van der Waals surface area contributed by atoms with E-state index in [0.29, 0.717) is 17.7 Å². The van der Waals surface area contributed by atoms with Gasteiger partial charge < -0.3 is 0 Å². The summed E-state index contributed by atoms with van der Waals surface area (Å²) in [6.45, 7) is 2.75. The Hall–Kier alpha value is -1.68. The maximum absolute atomic E-state index is 10.9. The molecule has 4 nitrogen and oxygen atoms in total. The molecule has 1 aromatic rings. The van der Waals surface area contributed by atoms with Crippen molar-refractivity contribution in [2.75, 3.05) is 6.54 Å². The predicted molar refractivity (Wildman–Crippen MR) is 64.7 cm³/mol. The molecule has 2 amide bonds. The molecule has 1 N–H and O–H groups in total. The summed E-state index contributed by atoms with van der Waals surface area (Å²) in [7, 11) is 0. The summed E-state index contributed by atoms with van der Waals surface area (Å²) in [4.78, 5) is 21.8. The highest BCUT2D eigenvalue weighted by Gasteiger charge is 2.27. The van der Waals surface area contributed by atoms with Crippen LogP contribution in [0, 0.1) is 0 Å². The largest absolute Gasteiger partial charge is 0.281 e. The van der Waals surface area contributed by atoms with Crippen LogP contribution in [0.3, 0.4) is 0 Å². The van der Waals surface area contributed by atoms with E-state index < -0.39 is 11.8 Å². The van der Waals surface area contributed by atoms with Crippen LogP contribution in [0.4, 0.5) is 0 Å². The molecule has 1 heterocycles. The number of unbranched alkanes of at least 4 members (excludes halogenated alkanes) is 2. The van der Waals surface area contributed by atoms with Crippen molar-refractivity contribution in [3.63, 3.8) is 0 Å². The minimum atomic E-state index is -0.425. The Kier molecular flexibility index (Phi) is 5.36. The molecule has 17 heavy (non-hydrogen) atoms. The zero-order chi connectivity index (χ0) is 12.7. The summed E-state index contributed by atoms with van der Waals surface area (Å²) in [6.07, 6.45) is 3.54. The van der Waals surface area contributed by atoms with Gasteiger partial charge in [0.15, 0.2) is 0 Å². The van der Waals surface area contributed by atoms with E-state index in [2.05, 4.69) is 12.2 Å². The van der Waals surface area contributed by atoms with E-state index in [4.69, 9.17) is 5.73 Å². The summed E-state index contributed by atoms with van der Waals surface area (Å²) in [6, 6.07) is 6.63. The number of nitrogens with zero attached hydrogens (tertiary/aromatic N) is 1. The molecule has 0 aliphatic carbocycles. The quantitative estimate of drug-likeness (QED) is 0.591. The van der Waals surface area contributed by atoms with Crippen LogP contribution in [-0.2, 0) is 0 Å². The molecule has 0 aromatic heterocycles. The van der Waals surface area contributed by atoms with Crippen LogP contribution in [0.25, 0.3) is 0 Å². The van der Waals surface area contributed by atoms with Gasteiger partial charge in [0.25, 0.3) is 11.8 Å². The van der Waals surface area contributed by atoms with Crippen molar-refractivity contribution in [2.45, 2.75) is 26.2 Å². The molecule has 90 valence electrons. The number of imide groups is 1. The second-order valence-electron chi connectivity index (χ2n) is 3.72. The maximum atomic E-state index is 10.9. The lowest BCUT2D eigenvalue weighted by Gasteiger charge is -1.88. The van der Waals surface area contributed by atoms with Gasteiger partial charge in [0.05, 0.1) is 11.1 Å². The zero-order valence-electron chi connectivity index (χ0n) is 9.90. The normalized spacial score (nSPS) is 12.6. The van der Waals surface area contributed by atoms with E-state index in [1.54, 1.807) is 24.3 Å². The Morgan fingerprint density at radius 1 is 1.06 bits per heavy atom. The highest BCUT2D eigenvalue weighted by molar-refractivity contribution is 6.21. The number of hydrogen-bond donors (Lipinski definition) is 0. The highest BCUT2D eigenvalue weighted by Crippen LogP contribution is 2.14. The molecule has 0 fully saturated rings. The molecular weight excluding hydrogens is 216 g/mol. The van der Waals surface area contributed by atoms with Crippen molar-refractivity contribution in [1.82, 2.24) is 11.1 Å². The standard InChI is InChI=1S/C8H4NO2.C5H12N/c10-7-5-3-1-2-4-6(5)8(11)9-7;1-2-3-4-5-6/h1-4H;6H,2-5H2,1H3. The van der Waals surface area contributed by atoms with Crippen LogP contribution < -0.4 is 11.1 Å². The van der Waals surface area contributed by atoms with Crippen molar-refractivity contribution in [2.24, 2.45) is 0 Å². The van der Waals surface area contributed by atoms with Crippen molar-refractivity contribution in [3.05, 3.63) is 35.4 Å². The predicted octanol–water partition coefficient (Wildman–Crippen LogP) is 2.04. The van der Waals surface area contributed by atoms with E-state index in [1.807, 2.05) is 0 Å². The molecule has 0 spiro atoms. The number of hydrogen-bond acceptors (Lipinski definition) is 2. The number of fused-ring (bicyclic) bond motifs is 1. The Morgan fingerprint density at radius 2 is 1.59 bits per heavy atom. The van der Waals surface area contributed by atoms with Gasteiger partial charge in [0.1, 0.15) is 0 Å². The molecule has 0 saturated heterocycles. The lowest BCUT2D eigenvalue weighted by Crippen LogP contribution is -2.10. The fourth-order valence-corrected chi connectivity index (χ4v) is 1.44. The van der Waals surface area contributed by atoms with Crippen LogP contribution in [0.5, 0.6) is 0 Å². The lowest BCUT2D eigenvalue weighted by molar-refractivity contribution is 0.0873. The van der Waals surface area contributed by atoms with Crippen LogP contribution in [-0.4, -0.2) is 18.4 Å². The summed E-state index contributed by atoms with van der Waals surface area (Å²) < 4.78 is 0. The minimum absolute atomic E-state index is 0.414. The van der Waals surface area contributed by atoms with Crippen LogP contribution in [0.2, 0.25) is 0 Å². The fourth-order valence-electron chi connectivity index (χ4n) is 1.44. The van der Waals surface area contributed by atoms with E-state index in [-0.39, 0.29) is 0 Å². The fraction of sp³-hybridized carbons (Fsp3) is 0.385. The van der Waals surface area contributed by atoms with Crippen LogP contribution >= 0.6 is 0 Å². The summed E-state index contributed by atoms with van der Waals surface area (Å²) in [5.41, 5.74) is 7.53. The van der Waals surface area contributed by atoms with Gasteiger partial charge in [-0.15, -0.1) is 0 Å². The second-order valence-corrected chi connectivity index (χ2v) is 3.72. The third-order valence-electron chi connectivity index (χ3n) is 2.37. The number of carbonyl (C=O) groups excluding carboxylic acids is 2. The van der Waals surface area contributed by atoms with Crippen LogP contribution in [0.15, 0.2) is 24.3 Å². The van der Waals surface area contributed by atoms with Crippen molar-refractivity contribution in [3.8, 4) is 0 Å². The summed E-state index contributed by atoms with van der Waals surface area (Å²) in [5, 5.41) is 3.28. The first kappa shape index (κ1) is 13.4. The Bertz CT molecular complexity index is 365.